The minimum absolute atomic E-state index is 0.0449. The standard InChI is InChI=1S/C18H21N5O3/c1-24-16-6-11-13(7-17(16)25-2)19-5-4-15(11)23-9-12(18(10-23)26-3)14-8-20-22-21-14/h4-8,12,18H,9-10H2,1-3H3,(H,20,21,22)/t12-,18+/m0/s1. The van der Waals surface area contributed by atoms with Gasteiger partial charge >= 0.3 is 0 Å². The molecule has 0 bridgehead atoms. The molecule has 3 aromatic rings. The van der Waals surface area contributed by atoms with Crippen LogP contribution in [0.3, 0.4) is 0 Å². The van der Waals surface area contributed by atoms with Crippen LogP contribution in [0, 0.1) is 0 Å². The molecule has 2 aromatic heterocycles. The highest BCUT2D eigenvalue weighted by molar-refractivity contribution is 5.94. The van der Waals surface area contributed by atoms with Crippen LogP contribution in [0.1, 0.15) is 11.6 Å². The molecule has 8 nitrogen and oxygen atoms in total. The molecule has 136 valence electrons. The van der Waals surface area contributed by atoms with E-state index in [0.29, 0.717) is 11.5 Å². The number of aromatic amines is 1. The van der Waals surface area contributed by atoms with Crippen LogP contribution in [-0.2, 0) is 4.74 Å². The van der Waals surface area contributed by atoms with Gasteiger partial charge in [0.1, 0.15) is 0 Å². The van der Waals surface area contributed by atoms with Crippen molar-refractivity contribution >= 4 is 16.6 Å². The summed E-state index contributed by atoms with van der Waals surface area (Å²) < 4.78 is 16.6. The van der Waals surface area contributed by atoms with Gasteiger partial charge in [-0.1, -0.05) is 0 Å². The maximum absolute atomic E-state index is 5.71. The van der Waals surface area contributed by atoms with Crippen LogP contribution in [0.5, 0.6) is 11.5 Å². The fourth-order valence-electron chi connectivity index (χ4n) is 3.62. The first kappa shape index (κ1) is 16.6. The molecule has 1 N–H and O–H groups in total. The van der Waals surface area contributed by atoms with Crippen LogP contribution in [0.4, 0.5) is 5.69 Å². The Kier molecular flexibility index (Phi) is 4.34. The lowest BCUT2D eigenvalue weighted by Crippen LogP contribution is -2.22. The number of H-pyrrole nitrogens is 1. The summed E-state index contributed by atoms with van der Waals surface area (Å²) in [5.41, 5.74) is 2.86. The predicted octanol–water partition coefficient (Wildman–Crippen LogP) is 1.99. The summed E-state index contributed by atoms with van der Waals surface area (Å²) in [7, 11) is 5.00. The third-order valence-electron chi connectivity index (χ3n) is 4.95. The van der Waals surface area contributed by atoms with Crippen molar-refractivity contribution in [1.29, 1.82) is 0 Å². The number of pyridine rings is 1. The van der Waals surface area contributed by atoms with Gasteiger partial charge in [-0.05, 0) is 12.1 Å². The fraction of sp³-hybridized carbons (Fsp3) is 0.389. The molecule has 1 fully saturated rings. The van der Waals surface area contributed by atoms with Crippen molar-refractivity contribution in [2.75, 3.05) is 39.3 Å². The molecular weight excluding hydrogens is 334 g/mol. The van der Waals surface area contributed by atoms with E-state index in [0.717, 1.165) is 35.4 Å². The van der Waals surface area contributed by atoms with E-state index in [-0.39, 0.29) is 12.0 Å². The summed E-state index contributed by atoms with van der Waals surface area (Å²) in [6.07, 6.45) is 3.62. The Labute approximate surface area is 151 Å². The predicted molar refractivity (Wildman–Crippen MR) is 97.0 cm³/mol. The highest BCUT2D eigenvalue weighted by atomic mass is 16.5. The highest BCUT2D eigenvalue weighted by Gasteiger charge is 2.36. The van der Waals surface area contributed by atoms with Gasteiger partial charge in [-0.2, -0.15) is 15.4 Å². The second-order valence-electron chi connectivity index (χ2n) is 6.23. The third kappa shape index (κ3) is 2.72. The van der Waals surface area contributed by atoms with Crippen molar-refractivity contribution in [3.63, 3.8) is 0 Å². The van der Waals surface area contributed by atoms with E-state index in [2.05, 4.69) is 25.3 Å². The Morgan fingerprint density at radius 1 is 1.12 bits per heavy atom. The van der Waals surface area contributed by atoms with Crippen LogP contribution >= 0.6 is 0 Å². The van der Waals surface area contributed by atoms with Gasteiger partial charge < -0.3 is 19.1 Å². The van der Waals surface area contributed by atoms with E-state index in [1.165, 1.54) is 0 Å². The molecule has 0 radical (unpaired) electrons. The lowest BCUT2D eigenvalue weighted by molar-refractivity contribution is 0.106. The number of hydrogen-bond donors (Lipinski definition) is 1. The molecule has 1 saturated heterocycles. The van der Waals surface area contributed by atoms with E-state index in [1.54, 1.807) is 27.5 Å². The summed E-state index contributed by atoms with van der Waals surface area (Å²) in [4.78, 5) is 6.78. The fourth-order valence-corrected chi connectivity index (χ4v) is 3.62. The monoisotopic (exact) mass is 355 g/mol. The molecular formula is C18H21N5O3. The van der Waals surface area contributed by atoms with Gasteiger partial charge in [-0.3, -0.25) is 4.98 Å². The zero-order valence-electron chi connectivity index (χ0n) is 15.0. The number of rotatable bonds is 5. The van der Waals surface area contributed by atoms with E-state index < -0.39 is 0 Å². The first-order valence-corrected chi connectivity index (χ1v) is 8.39. The number of nitrogens with one attached hydrogen (secondary N) is 1. The quantitative estimate of drug-likeness (QED) is 0.749. The lowest BCUT2D eigenvalue weighted by atomic mass is 10.0. The number of ether oxygens (including phenoxy) is 3. The molecule has 2 atom stereocenters. The second-order valence-corrected chi connectivity index (χ2v) is 6.23. The topological polar surface area (TPSA) is 85.4 Å². The molecule has 0 spiro atoms. The number of aromatic nitrogens is 4. The normalized spacial score (nSPS) is 19.9. The zero-order valence-corrected chi connectivity index (χ0v) is 15.0. The molecule has 0 aliphatic carbocycles. The highest BCUT2D eigenvalue weighted by Crippen LogP contribution is 2.38. The molecule has 0 unspecified atom stereocenters. The molecule has 26 heavy (non-hydrogen) atoms. The van der Waals surface area contributed by atoms with Crippen LogP contribution in [-0.4, -0.2) is 60.9 Å². The van der Waals surface area contributed by atoms with Gasteiger partial charge in [0.05, 0.1) is 43.6 Å². The van der Waals surface area contributed by atoms with E-state index in [9.17, 15) is 0 Å². The summed E-state index contributed by atoms with van der Waals surface area (Å²) >= 11 is 0. The minimum atomic E-state index is 0.0449. The minimum Gasteiger partial charge on any atom is -0.493 e. The Bertz CT molecular complexity index is 899. The SMILES string of the molecule is COc1cc2nccc(N3C[C@@H](OC)[C@H](c4cn[nH]n4)C3)c2cc1OC. The zero-order chi connectivity index (χ0) is 18.1. The van der Waals surface area contributed by atoms with Crippen molar-refractivity contribution in [3.8, 4) is 11.5 Å². The number of nitrogens with zero attached hydrogens (tertiary/aromatic N) is 4. The van der Waals surface area contributed by atoms with Crippen molar-refractivity contribution in [2.45, 2.75) is 12.0 Å². The van der Waals surface area contributed by atoms with Crippen molar-refractivity contribution in [2.24, 2.45) is 0 Å². The van der Waals surface area contributed by atoms with Crippen molar-refractivity contribution in [1.82, 2.24) is 20.4 Å². The summed E-state index contributed by atoms with van der Waals surface area (Å²) in [5.74, 6) is 1.51. The number of fused-ring (bicyclic) bond motifs is 1. The second kappa shape index (κ2) is 6.80. The molecule has 0 amide bonds. The Morgan fingerprint density at radius 2 is 1.92 bits per heavy atom. The Morgan fingerprint density at radius 3 is 2.62 bits per heavy atom. The number of benzene rings is 1. The van der Waals surface area contributed by atoms with Gasteiger partial charge in [-0.25, -0.2) is 0 Å². The van der Waals surface area contributed by atoms with Gasteiger partial charge in [0, 0.05) is 43.5 Å². The van der Waals surface area contributed by atoms with Crippen LogP contribution < -0.4 is 14.4 Å². The molecule has 8 heteroatoms. The molecule has 4 rings (SSSR count). The van der Waals surface area contributed by atoms with Crippen molar-refractivity contribution < 1.29 is 14.2 Å². The molecule has 1 aromatic carbocycles. The smallest absolute Gasteiger partial charge is 0.162 e. The van der Waals surface area contributed by atoms with Crippen LogP contribution in [0.15, 0.2) is 30.6 Å². The van der Waals surface area contributed by atoms with Gasteiger partial charge in [-0.15, -0.1) is 0 Å². The van der Waals surface area contributed by atoms with Gasteiger partial charge in [0.15, 0.2) is 11.5 Å². The molecule has 1 aliphatic heterocycles. The summed E-state index contributed by atoms with van der Waals surface area (Å²) in [6.45, 7) is 1.56. The van der Waals surface area contributed by atoms with Crippen LogP contribution in [0.25, 0.3) is 10.9 Å². The maximum Gasteiger partial charge on any atom is 0.162 e. The average Bonchev–Trinajstić information content (AvgIpc) is 3.35. The molecule has 0 saturated carbocycles. The maximum atomic E-state index is 5.71. The van der Waals surface area contributed by atoms with Crippen molar-refractivity contribution in [3.05, 3.63) is 36.3 Å². The first-order valence-electron chi connectivity index (χ1n) is 8.39. The van der Waals surface area contributed by atoms with Crippen LogP contribution in [0.2, 0.25) is 0 Å². The van der Waals surface area contributed by atoms with Gasteiger partial charge in [0.2, 0.25) is 0 Å². The van der Waals surface area contributed by atoms with E-state index in [1.807, 2.05) is 24.4 Å². The molecule has 3 heterocycles. The Balaban J connectivity index is 1.75. The van der Waals surface area contributed by atoms with Gasteiger partial charge in [0.25, 0.3) is 0 Å². The number of anilines is 1. The lowest BCUT2D eigenvalue weighted by Gasteiger charge is -2.21. The average molecular weight is 355 g/mol. The summed E-state index contributed by atoms with van der Waals surface area (Å²) in [6, 6.07) is 5.89. The van der Waals surface area contributed by atoms with E-state index >= 15 is 0 Å². The summed E-state index contributed by atoms with van der Waals surface area (Å²) in [5, 5.41) is 11.9. The largest absolute Gasteiger partial charge is 0.493 e. The third-order valence-corrected chi connectivity index (χ3v) is 4.95. The Hall–Kier alpha value is -2.87. The van der Waals surface area contributed by atoms with E-state index in [4.69, 9.17) is 14.2 Å². The first-order chi connectivity index (χ1) is 12.7. The number of methoxy groups -OCH3 is 3. The number of hydrogen-bond acceptors (Lipinski definition) is 7. The molecule has 1 aliphatic rings.